The van der Waals surface area contributed by atoms with E-state index >= 15 is 0 Å². The van der Waals surface area contributed by atoms with Crippen LogP contribution in [0.25, 0.3) is 0 Å². The van der Waals surface area contributed by atoms with Gasteiger partial charge in [-0.2, -0.15) is 0 Å². The van der Waals surface area contributed by atoms with Crippen molar-refractivity contribution >= 4 is 5.97 Å². The number of carbonyl (C=O) groups is 1. The molecule has 60 heavy (non-hydrogen) atoms. The molecule has 7 nitrogen and oxygen atoms in total. The fourth-order valence-electron chi connectivity index (χ4n) is 13.2. The van der Waals surface area contributed by atoms with Gasteiger partial charge in [0, 0.05) is 6.42 Å². The third kappa shape index (κ3) is 12.7. The average molecular weight is 841 g/mol. The van der Waals surface area contributed by atoms with E-state index in [1.54, 1.807) is 0 Å². The lowest BCUT2D eigenvalue weighted by Crippen LogP contribution is -2.60. The summed E-state index contributed by atoms with van der Waals surface area (Å²) in [6.45, 7) is 16.8. The molecule has 1 aliphatic heterocycles. The maximum absolute atomic E-state index is 12.6. The highest BCUT2D eigenvalue weighted by atomic mass is 16.7. The van der Waals surface area contributed by atoms with Gasteiger partial charge in [-0.25, -0.2) is 0 Å². The Morgan fingerprint density at radius 1 is 0.783 bits per heavy atom. The van der Waals surface area contributed by atoms with Crippen LogP contribution in [0, 0.1) is 52.3 Å². The molecule has 0 aromatic carbocycles. The number of hydrogen-bond acceptors (Lipinski definition) is 7. The van der Waals surface area contributed by atoms with Crippen LogP contribution in [0.3, 0.4) is 0 Å². The van der Waals surface area contributed by atoms with Gasteiger partial charge in [0.15, 0.2) is 6.29 Å². The molecule has 0 aromatic rings. The Morgan fingerprint density at radius 2 is 1.42 bits per heavy atom. The molecule has 14 atom stereocenters. The zero-order chi connectivity index (χ0) is 43.3. The van der Waals surface area contributed by atoms with Gasteiger partial charge < -0.3 is 29.5 Å². The third-order valence-electron chi connectivity index (χ3n) is 17.1. The van der Waals surface area contributed by atoms with Gasteiger partial charge in [-0.3, -0.25) is 4.79 Å². The number of aliphatic hydroxyl groups is 3. The first-order valence-electron chi connectivity index (χ1n) is 25.7. The Labute approximate surface area is 367 Å². The lowest BCUT2D eigenvalue weighted by Gasteiger charge is -2.58. The van der Waals surface area contributed by atoms with Crippen LogP contribution in [0.4, 0.5) is 0 Å². The molecule has 7 heteroatoms. The zero-order valence-corrected chi connectivity index (χ0v) is 39.6. The van der Waals surface area contributed by atoms with Crippen molar-refractivity contribution in [3.63, 3.8) is 0 Å². The molecule has 5 aliphatic rings. The SMILES string of the molecule is CCCCCCCCCCCCCCCCCC(=O)OCC1OC(OC2CCC3(C)C(=CCC4C3CCC3(C)C(C(C)C=CC(CC)C(C)C)CCC43)C2)C(O)C(O)C1O. The number of carbonyl (C=O) groups excluding carboxylic acids is 1. The number of aliphatic hydroxyl groups excluding tert-OH is 3. The van der Waals surface area contributed by atoms with Crippen LogP contribution in [0.15, 0.2) is 23.8 Å². The van der Waals surface area contributed by atoms with Gasteiger partial charge in [-0.15, -0.1) is 0 Å². The molecule has 1 heterocycles. The molecular weight excluding hydrogens is 749 g/mol. The molecule has 346 valence electrons. The molecule has 14 unspecified atom stereocenters. The Morgan fingerprint density at radius 3 is 2.03 bits per heavy atom. The van der Waals surface area contributed by atoms with Crippen LogP contribution < -0.4 is 0 Å². The minimum atomic E-state index is -1.44. The maximum atomic E-state index is 12.6. The smallest absolute Gasteiger partial charge is 0.305 e. The fourth-order valence-corrected chi connectivity index (χ4v) is 13.2. The lowest BCUT2D eigenvalue weighted by molar-refractivity contribution is -0.313. The molecule has 3 N–H and O–H groups in total. The Hall–Kier alpha value is -1.25. The first-order chi connectivity index (χ1) is 28.8. The molecular formula is C53H92O7. The molecule has 3 saturated carbocycles. The predicted octanol–water partition coefficient (Wildman–Crippen LogP) is 12.4. The van der Waals surface area contributed by atoms with Crippen LogP contribution in [0.2, 0.25) is 0 Å². The van der Waals surface area contributed by atoms with E-state index in [-0.39, 0.29) is 24.1 Å². The maximum Gasteiger partial charge on any atom is 0.305 e. The van der Waals surface area contributed by atoms with Crippen LogP contribution >= 0.6 is 0 Å². The van der Waals surface area contributed by atoms with E-state index in [1.165, 1.54) is 115 Å². The van der Waals surface area contributed by atoms with Crippen molar-refractivity contribution in [2.75, 3.05) is 6.61 Å². The van der Waals surface area contributed by atoms with Gasteiger partial charge in [0.1, 0.15) is 31.0 Å². The standard InChI is InChI=1S/C53H92O7/c1-8-10-11-12-13-14-15-16-17-18-19-20-21-22-23-24-47(54)58-36-46-48(55)49(56)50(57)51(60-46)59-41-31-33-52(6)40(35-41)27-28-42-44-30-29-43(53(44,7)34-32-45(42)52)38(5)25-26-39(9-2)37(3)4/h25-27,37-39,41-46,48-51,55-57H,8-24,28-36H2,1-7H3. The van der Waals surface area contributed by atoms with Crippen molar-refractivity contribution in [3.05, 3.63) is 23.8 Å². The van der Waals surface area contributed by atoms with Crippen LogP contribution in [-0.4, -0.2) is 64.7 Å². The van der Waals surface area contributed by atoms with Crippen molar-refractivity contribution in [1.82, 2.24) is 0 Å². The Balaban J connectivity index is 1.02. The van der Waals surface area contributed by atoms with Crippen molar-refractivity contribution in [2.45, 2.75) is 246 Å². The quantitative estimate of drug-likeness (QED) is 0.0477. The second-order valence-corrected chi connectivity index (χ2v) is 21.4. The molecule has 4 fully saturated rings. The molecule has 0 amide bonds. The molecule has 5 rings (SSSR count). The van der Waals surface area contributed by atoms with Crippen molar-refractivity contribution in [1.29, 1.82) is 0 Å². The Bertz CT molecular complexity index is 1330. The molecule has 0 aromatic heterocycles. The summed E-state index contributed by atoms with van der Waals surface area (Å²) in [6, 6.07) is 0. The van der Waals surface area contributed by atoms with Gasteiger partial charge in [-0.05, 0) is 116 Å². The van der Waals surface area contributed by atoms with E-state index < -0.39 is 30.7 Å². The van der Waals surface area contributed by atoms with Gasteiger partial charge in [0.2, 0.25) is 0 Å². The van der Waals surface area contributed by atoms with Crippen molar-refractivity contribution < 1.29 is 34.3 Å². The van der Waals surface area contributed by atoms with Crippen LogP contribution in [-0.2, 0) is 19.0 Å². The van der Waals surface area contributed by atoms with E-state index in [1.807, 2.05) is 0 Å². The summed E-state index contributed by atoms with van der Waals surface area (Å²) < 4.78 is 18.0. The van der Waals surface area contributed by atoms with E-state index in [0.717, 1.165) is 62.7 Å². The lowest BCUT2D eigenvalue weighted by atomic mass is 9.47. The summed E-state index contributed by atoms with van der Waals surface area (Å²) in [5.41, 5.74) is 2.05. The third-order valence-corrected chi connectivity index (χ3v) is 17.1. The fraction of sp³-hybridized carbons (Fsp3) is 0.906. The second-order valence-electron chi connectivity index (χ2n) is 21.4. The van der Waals surface area contributed by atoms with Gasteiger partial charge >= 0.3 is 5.97 Å². The zero-order valence-electron chi connectivity index (χ0n) is 39.6. The van der Waals surface area contributed by atoms with E-state index in [2.05, 4.69) is 66.7 Å². The van der Waals surface area contributed by atoms with Gasteiger partial charge in [0.25, 0.3) is 0 Å². The van der Waals surface area contributed by atoms with Crippen molar-refractivity contribution in [2.24, 2.45) is 52.3 Å². The summed E-state index contributed by atoms with van der Waals surface area (Å²) in [6.07, 6.45) is 31.0. The first-order valence-corrected chi connectivity index (χ1v) is 25.7. The number of fused-ring (bicyclic) bond motifs is 5. The molecule has 0 radical (unpaired) electrons. The highest BCUT2D eigenvalue weighted by molar-refractivity contribution is 5.69. The minimum Gasteiger partial charge on any atom is -0.463 e. The molecule has 1 saturated heterocycles. The summed E-state index contributed by atoms with van der Waals surface area (Å²) >= 11 is 0. The van der Waals surface area contributed by atoms with E-state index in [9.17, 15) is 20.1 Å². The number of hydrogen-bond donors (Lipinski definition) is 3. The van der Waals surface area contributed by atoms with Crippen LogP contribution in [0.5, 0.6) is 0 Å². The van der Waals surface area contributed by atoms with E-state index in [0.29, 0.717) is 35.5 Å². The Kier molecular flexibility index (Phi) is 20.0. The van der Waals surface area contributed by atoms with Gasteiger partial charge in [-0.1, -0.05) is 162 Å². The summed E-state index contributed by atoms with van der Waals surface area (Å²) in [5, 5.41) is 32.5. The highest BCUT2D eigenvalue weighted by Gasteiger charge is 2.59. The first kappa shape index (κ1) is 49.8. The molecule has 0 spiro atoms. The number of rotatable bonds is 25. The predicted molar refractivity (Wildman–Crippen MR) is 244 cm³/mol. The summed E-state index contributed by atoms with van der Waals surface area (Å²) in [4.78, 5) is 12.6. The van der Waals surface area contributed by atoms with Gasteiger partial charge in [0.05, 0.1) is 6.10 Å². The van der Waals surface area contributed by atoms with Crippen molar-refractivity contribution in [3.8, 4) is 0 Å². The normalized spacial score (nSPS) is 36.4. The number of esters is 1. The van der Waals surface area contributed by atoms with Crippen LogP contribution in [0.1, 0.15) is 209 Å². The monoisotopic (exact) mass is 841 g/mol. The number of allylic oxidation sites excluding steroid dienone is 3. The highest BCUT2D eigenvalue weighted by Crippen LogP contribution is 2.67. The minimum absolute atomic E-state index is 0.147. The topological polar surface area (TPSA) is 105 Å². The summed E-state index contributed by atoms with van der Waals surface area (Å²) in [5.74, 6) is 4.62. The molecule has 4 aliphatic carbocycles. The largest absolute Gasteiger partial charge is 0.463 e. The number of ether oxygens (including phenoxy) is 3. The van der Waals surface area contributed by atoms with E-state index in [4.69, 9.17) is 14.2 Å². The summed E-state index contributed by atoms with van der Waals surface area (Å²) in [7, 11) is 0. The molecule has 0 bridgehead atoms. The average Bonchev–Trinajstić information content (AvgIpc) is 3.59. The second kappa shape index (κ2) is 24.2. The number of unbranched alkanes of at least 4 members (excludes halogenated alkanes) is 14.